The summed E-state index contributed by atoms with van der Waals surface area (Å²) in [5, 5.41) is 14.3. The molecule has 12 nitrogen and oxygen atoms in total. The maximum atomic E-state index is 12.9. The van der Waals surface area contributed by atoms with E-state index in [0.717, 1.165) is 0 Å². The molecule has 2 aliphatic heterocycles. The van der Waals surface area contributed by atoms with E-state index in [2.05, 4.69) is 25.6 Å². The molecule has 178 valence electrons. The van der Waals surface area contributed by atoms with E-state index in [0.29, 0.717) is 11.4 Å². The van der Waals surface area contributed by atoms with Gasteiger partial charge in [-0.1, -0.05) is 23.3 Å². The van der Waals surface area contributed by atoms with Gasteiger partial charge in [-0.2, -0.15) is 4.68 Å². The fraction of sp³-hybridized carbons (Fsp3) is 0.333. The molecule has 13 heteroatoms. The number of aromatic nitrogens is 4. The highest BCUT2D eigenvalue weighted by Crippen LogP contribution is 2.36. The normalized spacial score (nSPS) is 24.0. The van der Waals surface area contributed by atoms with E-state index in [-0.39, 0.29) is 36.1 Å². The summed E-state index contributed by atoms with van der Waals surface area (Å²) in [6.45, 7) is 1.74. The molecule has 5 rings (SSSR count). The summed E-state index contributed by atoms with van der Waals surface area (Å²) in [6.07, 6.45) is -0.983. The van der Waals surface area contributed by atoms with Gasteiger partial charge in [-0.15, -0.1) is 0 Å². The lowest BCUT2D eigenvalue weighted by atomic mass is 10.1. The monoisotopic (exact) mass is 486 g/mol. The van der Waals surface area contributed by atoms with Crippen LogP contribution in [0.2, 0.25) is 0 Å². The molecule has 2 aromatic carbocycles. The van der Waals surface area contributed by atoms with Crippen LogP contribution in [0.5, 0.6) is 11.8 Å². The maximum Gasteiger partial charge on any atom is 0.341 e. The molecule has 1 amide bonds. The van der Waals surface area contributed by atoms with Crippen LogP contribution in [0.1, 0.15) is 13.0 Å². The van der Waals surface area contributed by atoms with E-state index < -0.39 is 28.3 Å². The Morgan fingerprint density at radius 3 is 2.53 bits per heavy atom. The molecule has 0 spiro atoms. The van der Waals surface area contributed by atoms with Crippen LogP contribution in [0.3, 0.4) is 0 Å². The third-order valence-electron chi connectivity index (χ3n) is 5.55. The van der Waals surface area contributed by atoms with Crippen LogP contribution < -0.4 is 14.8 Å². The second-order valence-corrected chi connectivity index (χ2v) is 9.63. The van der Waals surface area contributed by atoms with Crippen LogP contribution in [0, 0.1) is 0 Å². The second kappa shape index (κ2) is 9.10. The number of fused-ring (bicyclic) bond motifs is 1. The minimum absolute atomic E-state index is 0.0682. The van der Waals surface area contributed by atoms with Crippen LogP contribution in [-0.2, 0) is 24.3 Å². The first kappa shape index (κ1) is 22.4. The number of ether oxygens (including phenoxy) is 3. The molecule has 3 heterocycles. The number of nitrogens with zero attached hydrogens (tertiary/aromatic N) is 4. The van der Waals surface area contributed by atoms with E-state index in [1.165, 1.54) is 35.9 Å². The van der Waals surface area contributed by atoms with Gasteiger partial charge in [-0.3, -0.25) is 4.79 Å². The number of para-hydroxylation sites is 1. The Labute approximate surface area is 195 Å². The predicted octanol–water partition coefficient (Wildman–Crippen LogP) is 1.11. The van der Waals surface area contributed by atoms with Crippen molar-refractivity contribution in [2.75, 3.05) is 18.5 Å². The van der Waals surface area contributed by atoms with Crippen LogP contribution >= 0.6 is 0 Å². The molecule has 0 unspecified atom stereocenters. The molecule has 0 saturated carbocycles. The molecule has 1 aromatic heterocycles. The summed E-state index contributed by atoms with van der Waals surface area (Å²) in [6, 6.07) is 14.2. The lowest BCUT2D eigenvalue weighted by Gasteiger charge is -2.18. The highest BCUT2D eigenvalue weighted by atomic mass is 32.2. The quantitative estimate of drug-likeness (QED) is 0.501. The Morgan fingerprint density at radius 1 is 1.06 bits per heavy atom. The van der Waals surface area contributed by atoms with Gasteiger partial charge in [0.05, 0.1) is 24.2 Å². The third kappa shape index (κ3) is 4.50. The molecule has 0 radical (unpaired) electrons. The smallest absolute Gasteiger partial charge is 0.341 e. The first-order chi connectivity index (χ1) is 16.4. The van der Waals surface area contributed by atoms with Crippen molar-refractivity contribution in [2.24, 2.45) is 0 Å². The molecule has 2 N–H and O–H groups in total. The fourth-order valence-electron chi connectivity index (χ4n) is 4.03. The van der Waals surface area contributed by atoms with Crippen molar-refractivity contribution >= 4 is 21.6 Å². The average molecular weight is 487 g/mol. The Balaban J connectivity index is 1.27. The molecular formula is C21H22N6O6S. The van der Waals surface area contributed by atoms with Crippen LogP contribution in [0.4, 0.5) is 5.69 Å². The van der Waals surface area contributed by atoms with Crippen molar-refractivity contribution in [1.82, 2.24) is 24.9 Å². The van der Waals surface area contributed by atoms with Crippen molar-refractivity contribution in [3.05, 3.63) is 54.6 Å². The minimum Gasteiger partial charge on any atom is -0.423 e. The number of amides is 1. The van der Waals surface area contributed by atoms with E-state index in [1.54, 1.807) is 12.1 Å². The summed E-state index contributed by atoms with van der Waals surface area (Å²) in [5.74, 6) is 0.340. The van der Waals surface area contributed by atoms with Gasteiger partial charge in [0.2, 0.25) is 15.9 Å². The van der Waals surface area contributed by atoms with Gasteiger partial charge in [0.15, 0.2) is 0 Å². The van der Waals surface area contributed by atoms with Gasteiger partial charge in [-0.05, 0) is 46.8 Å². The lowest BCUT2D eigenvalue weighted by molar-refractivity contribution is -0.114. The molecule has 2 saturated heterocycles. The van der Waals surface area contributed by atoms with Gasteiger partial charge in [0.25, 0.3) is 0 Å². The van der Waals surface area contributed by atoms with Gasteiger partial charge >= 0.3 is 6.01 Å². The van der Waals surface area contributed by atoms with Gasteiger partial charge in [0.1, 0.15) is 24.0 Å². The number of benzene rings is 2. The maximum absolute atomic E-state index is 12.9. The molecule has 0 aliphatic carbocycles. The van der Waals surface area contributed by atoms with E-state index >= 15 is 0 Å². The highest BCUT2D eigenvalue weighted by Gasteiger charge is 2.50. The SMILES string of the molecule is CC(=O)Nc1ccc(S(=O)(=O)N[C@@H]2CO[C@@H]3[C@@H]2OC[C@@H]3n2nnnc2Oc2ccccc2)cc1. The van der Waals surface area contributed by atoms with Crippen LogP contribution in [0.15, 0.2) is 59.5 Å². The van der Waals surface area contributed by atoms with Crippen molar-refractivity contribution in [3.8, 4) is 11.8 Å². The van der Waals surface area contributed by atoms with E-state index in [9.17, 15) is 13.2 Å². The number of hydrogen-bond acceptors (Lipinski definition) is 9. The van der Waals surface area contributed by atoms with E-state index in [1.807, 2.05) is 18.2 Å². The van der Waals surface area contributed by atoms with Gasteiger partial charge in [0, 0.05) is 12.6 Å². The molecule has 2 fully saturated rings. The molecule has 2 aliphatic rings. The molecule has 4 atom stereocenters. The number of nitrogens with one attached hydrogen (secondary N) is 2. The first-order valence-corrected chi connectivity index (χ1v) is 12.0. The summed E-state index contributed by atoms with van der Waals surface area (Å²) >= 11 is 0. The number of hydrogen-bond donors (Lipinski definition) is 2. The van der Waals surface area contributed by atoms with Crippen LogP contribution in [-0.4, -0.2) is 66.0 Å². The number of tetrazole rings is 1. The number of carbonyl (C=O) groups is 1. The average Bonchev–Trinajstić information content (AvgIpc) is 3.52. The summed E-state index contributed by atoms with van der Waals surface area (Å²) < 4.78 is 47.6. The van der Waals surface area contributed by atoms with E-state index in [4.69, 9.17) is 14.2 Å². The zero-order valence-corrected chi connectivity index (χ0v) is 18.9. The number of carbonyl (C=O) groups excluding carboxylic acids is 1. The van der Waals surface area contributed by atoms with Crippen molar-refractivity contribution in [2.45, 2.75) is 36.1 Å². The first-order valence-electron chi connectivity index (χ1n) is 10.5. The second-order valence-electron chi connectivity index (χ2n) is 7.92. The highest BCUT2D eigenvalue weighted by molar-refractivity contribution is 7.89. The lowest BCUT2D eigenvalue weighted by Crippen LogP contribution is -2.44. The zero-order chi connectivity index (χ0) is 23.7. The van der Waals surface area contributed by atoms with Crippen molar-refractivity contribution in [1.29, 1.82) is 0 Å². The number of anilines is 1. The molecule has 34 heavy (non-hydrogen) atoms. The zero-order valence-electron chi connectivity index (χ0n) is 18.1. The van der Waals surface area contributed by atoms with Gasteiger partial charge in [-0.25, -0.2) is 13.1 Å². The standard InChI is InChI=1S/C21H22N6O6S/c1-13(28)22-14-7-9-16(10-8-14)34(29,30)24-17-11-31-20-18(12-32-19(17)20)27-21(23-25-26-27)33-15-5-3-2-4-6-15/h2-10,17-20,24H,11-12H2,1H3,(H,22,28)/t17-,18+,19-,20+/m1/s1. The topological polar surface area (TPSA) is 147 Å². The minimum atomic E-state index is -3.84. The fourth-order valence-corrected chi connectivity index (χ4v) is 5.26. The third-order valence-corrected chi connectivity index (χ3v) is 7.05. The van der Waals surface area contributed by atoms with Crippen LogP contribution in [0.25, 0.3) is 0 Å². The Hall–Kier alpha value is -3.39. The largest absolute Gasteiger partial charge is 0.423 e. The summed E-state index contributed by atoms with van der Waals surface area (Å²) in [7, 11) is -3.84. The number of sulfonamides is 1. The van der Waals surface area contributed by atoms with Crippen molar-refractivity contribution < 1.29 is 27.4 Å². The summed E-state index contributed by atoms with van der Waals surface area (Å²) in [4.78, 5) is 11.2. The Morgan fingerprint density at radius 2 is 1.79 bits per heavy atom. The number of rotatable bonds is 7. The molecule has 0 bridgehead atoms. The van der Waals surface area contributed by atoms with Crippen molar-refractivity contribution in [3.63, 3.8) is 0 Å². The Bertz CT molecular complexity index is 1270. The predicted molar refractivity (Wildman–Crippen MR) is 118 cm³/mol. The van der Waals surface area contributed by atoms with Gasteiger partial charge < -0.3 is 19.5 Å². The molecule has 3 aromatic rings. The Kier molecular flexibility index (Phi) is 6.00. The summed E-state index contributed by atoms with van der Waals surface area (Å²) in [5.41, 5.74) is 0.507. The molecular weight excluding hydrogens is 464 g/mol.